The molecule has 0 amide bonds. The molecule has 1 unspecified atom stereocenters. The largest absolute Gasteiger partial charge is 0.305 e. The van der Waals surface area contributed by atoms with Gasteiger partial charge in [-0.05, 0) is 44.0 Å². The van der Waals surface area contributed by atoms with Crippen LogP contribution in [-0.2, 0) is 12.0 Å². The van der Waals surface area contributed by atoms with Crippen LogP contribution >= 0.6 is 11.3 Å². The van der Waals surface area contributed by atoms with Crippen LogP contribution in [0.15, 0.2) is 35.8 Å². The van der Waals surface area contributed by atoms with E-state index < -0.39 is 0 Å². The topological polar surface area (TPSA) is 24.9 Å². The Kier molecular flexibility index (Phi) is 4.66. The van der Waals surface area contributed by atoms with E-state index in [0.717, 1.165) is 30.0 Å². The number of thiazole rings is 1. The van der Waals surface area contributed by atoms with Gasteiger partial charge in [0, 0.05) is 11.6 Å². The molecular formula is C15H19FN2S. The number of rotatable bonds is 6. The van der Waals surface area contributed by atoms with E-state index in [-0.39, 0.29) is 11.4 Å². The molecular weight excluding hydrogens is 259 g/mol. The van der Waals surface area contributed by atoms with Crippen LogP contribution in [-0.4, -0.2) is 11.5 Å². The zero-order chi connectivity index (χ0) is 13.7. The summed E-state index contributed by atoms with van der Waals surface area (Å²) in [5.74, 6) is -0.193. The Balaban J connectivity index is 2.20. The van der Waals surface area contributed by atoms with Gasteiger partial charge in [0.1, 0.15) is 10.8 Å². The minimum absolute atomic E-state index is 0.192. The van der Waals surface area contributed by atoms with E-state index in [1.54, 1.807) is 11.3 Å². The van der Waals surface area contributed by atoms with Gasteiger partial charge in [0.15, 0.2) is 0 Å². The molecule has 0 aliphatic carbocycles. The van der Waals surface area contributed by atoms with E-state index >= 15 is 0 Å². The Hall–Kier alpha value is -1.26. The summed E-state index contributed by atoms with van der Waals surface area (Å²) < 4.78 is 13.0. The lowest BCUT2D eigenvalue weighted by Crippen LogP contribution is -2.42. The molecule has 0 bridgehead atoms. The fourth-order valence-corrected chi connectivity index (χ4v) is 2.90. The van der Waals surface area contributed by atoms with E-state index in [4.69, 9.17) is 0 Å². The van der Waals surface area contributed by atoms with Gasteiger partial charge in [-0.25, -0.2) is 9.37 Å². The number of halogens is 1. The molecule has 0 saturated carbocycles. The Morgan fingerprint density at radius 3 is 2.63 bits per heavy atom. The molecule has 2 aromatic rings. The maximum absolute atomic E-state index is 13.0. The fourth-order valence-electron chi connectivity index (χ4n) is 2.12. The van der Waals surface area contributed by atoms with Gasteiger partial charge in [0.2, 0.25) is 0 Å². The third kappa shape index (κ3) is 3.61. The molecule has 0 spiro atoms. The van der Waals surface area contributed by atoms with Crippen molar-refractivity contribution < 1.29 is 4.39 Å². The number of nitrogens with zero attached hydrogens (tertiary/aromatic N) is 1. The average molecular weight is 278 g/mol. The van der Waals surface area contributed by atoms with Gasteiger partial charge in [-0.15, -0.1) is 11.3 Å². The highest BCUT2D eigenvalue weighted by Gasteiger charge is 2.28. The summed E-state index contributed by atoms with van der Waals surface area (Å²) in [6.45, 7) is 5.25. The summed E-state index contributed by atoms with van der Waals surface area (Å²) in [7, 11) is 0. The highest BCUT2D eigenvalue weighted by atomic mass is 32.1. The lowest BCUT2D eigenvalue weighted by molar-refractivity contribution is 0.362. The maximum Gasteiger partial charge on any atom is 0.123 e. The molecule has 2 nitrogen and oxygen atoms in total. The Labute approximate surface area is 117 Å². The second kappa shape index (κ2) is 6.26. The summed E-state index contributed by atoms with van der Waals surface area (Å²) in [5.41, 5.74) is 0.921. The molecule has 0 aliphatic rings. The number of nitrogens with one attached hydrogen (secondary N) is 1. The van der Waals surface area contributed by atoms with Gasteiger partial charge in [-0.3, -0.25) is 0 Å². The summed E-state index contributed by atoms with van der Waals surface area (Å²) >= 11 is 1.66. The van der Waals surface area contributed by atoms with Crippen molar-refractivity contribution >= 4 is 11.3 Å². The van der Waals surface area contributed by atoms with Crippen molar-refractivity contribution in [2.75, 3.05) is 6.54 Å². The number of hydrogen-bond acceptors (Lipinski definition) is 3. The molecule has 1 aromatic carbocycles. The quantitative estimate of drug-likeness (QED) is 0.870. The second-order valence-electron chi connectivity index (χ2n) is 4.90. The summed E-state index contributed by atoms with van der Waals surface area (Å²) in [6.07, 6.45) is 3.71. The summed E-state index contributed by atoms with van der Waals surface area (Å²) in [4.78, 5) is 4.44. The summed E-state index contributed by atoms with van der Waals surface area (Å²) in [6, 6.07) is 6.71. The third-order valence-electron chi connectivity index (χ3n) is 3.14. The van der Waals surface area contributed by atoms with Crippen molar-refractivity contribution in [2.45, 2.75) is 32.2 Å². The van der Waals surface area contributed by atoms with Gasteiger partial charge in [-0.2, -0.15) is 0 Å². The number of aromatic nitrogens is 1. The van der Waals surface area contributed by atoms with Gasteiger partial charge in [0.05, 0.1) is 5.54 Å². The highest BCUT2D eigenvalue weighted by Crippen LogP contribution is 2.27. The second-order valence-corrected chi connectivity index (χ2v) is 5.79. The predicted molar refractivity (Wildman–Crippen MR) is 77.9 cm³/mol. The zero-order valence-corrected chi connectivity index (χ0v) is 12.1. The van der Waals surface area contributed by atoms with E-state index in [9.17, 15) is 4.39 Å². The monoisotopic (exact) mass is 278 g/mol. The van der Waals surface area contributed by atoms with Gasteiger partial charge < -0.3 is 5.32 Å². The van der Waals surface area contributed by atoms with E-state index in [1.807, 2.05) is 23.7 Å². The predicted octanol–water partition coefficient (Wildman–Crippen LogP) is 3.74. The van der Waals surface area contributed by atoms with Crippen molar-refractivity contribution in [3.8, 4) is 0 Å². The van der Waals surface area contributed by atoms with Crippen molar-refractivity contribution in [3.63, 3.8) is 0 Å². The van der Waals surface area contributed by atoms with Gasteiger partial charge >= 0.3 is 0 Å². The first-order chi connectivity index (χ1) is 9.14. The first-order valence-corrected chi connectivity index (χ1v) is 7.41. The minimum atomic E-state index is -0.193. The molecule has 1 N–H and O–H groups in total. The van der Waals surface area contributed by atoms with Crippen LogP contribution in [0.5, 0.6) is 0 Å². The molecule has 2 rings (SSSR count). The maximum atomic E-state index is 13.0. The van der Waals surface area contributed by atoms with Crippen LogP contribution < -0.4 is 5.32 Å². The molecule has 0 aliphatic heterocycles. The average Bonchev–Trinajstić information content (AvgIpc) is 2.94. The number of hydrogen-bond donors (Lipinski definition) is 1. The minimum Gasteiger partial charge on any atom is -0.305 e. The molecule has 0 saturated heterocycles. The molecule has 1 aromatic heterocycles. The first-order valence-electron chi connectivity index (χ1n) is 6.53. The van der Waals surface area contributed by atoms with Crippen LogP contribution in [0.3, 0.4) is 0 Å². The molecule has 19 heavy (non-hydrogen) atoms. The van der Waals surface area contributed by atoms with E-state index in [0.29, 0.717) is 0 Å². The van der Waals surface area contributed by atoms with Crippen molar-refractivity contribution in [3.05, 3.63) is 52.2 Å². The van der Waals surface area contributed by atoms with E-state index in [1.165, 1.54) is 12.1 Å². The Morgan fingerprint density at radius 2 is 2.05 bits per heavy atom. The molecule has 1 heterocycles. The normalized spacial score (nSPS) is 14.3. The standard InChI is InChI=1S/C15H19FN2S/c1-3-8-18-15(2,14-17-9-10-19-14)11-12-4-6-13(16)7-5-12/h4-7,9-10,18H,3,8,11H2,1-2H3. The summed E-state index contributed by atoms with van der Waals surface area (Å²) in [5, 5.41) is 6.63. The Morgan fingerprint density at radius 1 is 1.32 bits per heavy atom. The molecule has 0 radical (unpaired) electrons. The smallest absolute Gasteiger partial charge is 0.123 e. The van der Waals surface area contributed by atoms with Crippen molar-refractivity contribution in [2.24, 2.45) is 0 Å². The number of benzene rings is 1. The fraction of sp³-hybridized carbons (Fsp3) is 0.400. The lowest BCUT2D eigenvalue weighted by Gasteiger charge is -2.29. The molecule has 4 heteroatoms. The van der Waals surface area contributed by atoms with Gasteiger partial charge in [0.25, 0.3) is 0 Å². The molecule has 102 valence electrons. The first kappa shape index (κ1) is 14.2. The van der Waals surface area contributed by atoms with Crippen LogP contribution in [0.2, 0.25) is 0 Å². The lowest BCUT2D eigenvalue weighted by atomic mass is 9.93. The van der Waals surface area contributed by atoms with Crippen LogP contribution in [0.4, 0.5) is 4.39 Å². The van der Waals surface area contributed by atoms with E-state index in [2.05, 4.69) is 24.1 Å². The molecule has 0 fully saturated rings. The van der Waals surface area contributed by atoms with Crippen LogP contribution in [0.1, 0.15) is 30.8 Å². The zero-order valence-electron chi connectivity index (χ0n) is 11.3. The van der Waals surface area contributed by atoms with Crippen LogP contribution in [0.25, 0.3) is 0 Å². The van der Waals surface area contributed by atoms with Crippen molar-refractivity contribution in [1.29, 1.82) is 0 Å². The van der Waals surface area contributed by atoms with Gasteiger partial charge in [-0.1, -0.05) is 19.1 Å². The highest BCUT2D eigenvalue weighted by molar-refractivity contribution is 7.09. The van der Waals surface area contributed by atoms with Crippen molar-refractivity contribution in [1.82, 2.24) is 10.3 Å². The SMILES string of the molecule is CCCNC(C)(Cc1ccc(F)cc1)c1nccs1. The molecule has 1 atom stereocenters. The Bertz CT molecular complexity index is 495. The third-order valence-corrected chi connectivity index (χ3v) is 4.18. The van der Waals surface area contributed by atoms with Crippen LogP contribution in [0, 0.1) is 5.82 Å².